The molecular formula is C13H12Br2S. The lowest BCUT2D eigenvalue weighted by Gasteiger charge is -2.10. The molecule has 1 aromatic carbocycles. The summed E-state index contributed by atoms with van der Waals surface area (Å²) in [5, 5.41) is 0. The van der Waals surface area contributed by atoms with Crippen LogP contribution in [-0.4, -0.2) is 0 Å². The molecule has 0 aliphatic rings. The van der Waals surface area contributed by atoms with E-state index < -0.39 is 0 Å². The normalized spacial score (nSPS) is 12.8. The van der Waals surface area contributed by atoms with Crippen molar-refractivity contribution in [1.82, 2.24) is 0 Å². The van der Waals surface area contributed by atoms with Crippen molar-refractivity contribution in [1.29, 1.82) is 0 Å². The maximum Gasteiger partial charge on any atom is 0.0741 e. The Kier molecular flexibility index (Phi) is 3.88. The summed E-state index contributed by atoms with van der Waals surface area (Å²) in [4.78, 5) is 2.97. The van der Waals surface area contributed by atoms with Gasteiger partial charge in [0.25, 0.3) is 0 Å². The average Bonchev–Trinajstić information content (AvgIpc) is 2.59. The molecule has 0 N–H and O–H groups in total. The highest BCUT2D eigenvalue weighted by molar-refractivity contribution is 9.10. The quantitative estimate of drug-likeness (QED) is 0.611. The largest absolute Gasteiger partial charge is 0.143 e. The molecule has 0 aliphatic heterocycles. The van der Waals surface area contributed by atoms with E-state index in [-0.39, 0.29) is 0 Å². The van der Waals surface area contributed by atoms with E-state index in [0.717, 1.165) is 0 Å². The third-order valence-corrected chi connectivity index (χ3v) is 6.08. The molecule has 0 nitrogen and oxygen atoms in total. The summed E-state index contributed by atoms with van der Waals surface area (Å²) < 4.78 is 1.20. The first-order valence-electron chi connectivity index (χ1n) is 5.05. The summed E-state index contributed by atoms with van der Waals surface area (Å²) in [7, 11) is 0. The molecule has 1 aromatic heterocycles. The van der Waals surface area contributed by atoms with Crippen molar-refractivity contribution < 1.29 is 0 Å². The minimum Gasteiger partial charge on any atom is -0.143 e. The molecule has 16 heavy (non-hydrogen) atoms. The second kappa shape index (κ2) is 5.03. The van der Waals surface area contributed by atoms with Crippen molar-refractivity contribution in [2.75, 3.05) is 0 Å². The number of hydrogen-bond acceptors (Lipinski definition) is 1. The number of halogens is 2. The summed E-state index contributed by atoms with van der Waals surface area (Å²) in [5.41, 5.74) is 2.67. The second-order valence-electron chi connectivity index (χ2n) is 3.77. The highest BCUT2D eigenvalue weighted by atomic mass is 79.9. The van der Waals surface area contributed by atoms with E-state index in [1.807, 2.05) is 11.3 Å². The van der Waals surface area contributed by atoms with E-state index in [1.54, 1.807) is 0 Å². The molecule has 0 fully saturated rings. The van der Waals surface area contributed by atoms with Crippen LogP contribution in [0.5, 0.6) is 0 Å². The zero-order valence-electron chi connectivity index (χ0n) is 9.13. The Morgan fingerprint density at radius 2 is 1.88 bits per heavy atom. The Morgan fingerprint density at radius 3 is 2.44 bits per heavy atom. The summed E-state index contributed by atoms with van der Waals surface area (Å²) in [6.07, 6.45) is 0. The molecule has 0 bridgehead atoms. The molecule has 2 rings (SSSR count). The van der Waals surface area contributed by atoms with Crippen LogP contribution in [0.1, 0.15) is 25.7 Å². The fraction of sp³-hybridized carbons (Fsp3) is 0.231. The van der Waals surface area contributed by atoms with Crippen molar-refractivity contribution in [3.05, 3.63) is 55.7 Å². The number of aryl methyl sites for hydroxylation is 2. The van der Waals surface area contributed by atoms with Gasteiger partial charge in [0.15, 0.2) is 0 Å². The standard InChI is InChI=1S/C13H12Br2S/c1-8-5-3-4-6-10(8)13(15)12-7-11(14)9(2)16-12/h3-7,13H,1-2H3. The van der Waals surface area contributed by atoms with Gasteiger partial charge in [-0.3, -0.25) is 0 Å². The molecular weight excluding hydrogens is 348 g/mol. The molecule has 0 spiro atoms. The van der Waals surface area contributed by atoms with E-state index in [4.69, 9.17) is 0 Å². The van der Waals surface area contributed by atoms with Crippen molar-refractivity contribution in [3.63, 3.8) is 0 Å². The molecule has 1 unspecified atom stereocenters. The van der Waals surface area contributed by atoms with Gasteiger partial charge in [0.1, 0.15) is 0 Å². The van der Waals surface area contributed by atoms with Crippen LogP contribution in [-0.2, 0) is 0 Å². The van der Waals surface area contributed by atoms with E-state index >= 15 is 0 Å². The Morgan fingerprint density at radius 1 is 1.19 bits per heavy atom. The predicted octanol–water partition coefficient (Wildman–Crippen LogP) is 5.61. The van der Waals surface area contributed by atoms with E-state index in [2.05, 4.69) is 76.0 Å². The number of alkyl halides is 1. The Bertz CT molecular complexity index is 483. The lowest BCUT2D eigenvalue weighted by atomic mass is 10.1. The van der Waals surface area contributed by atoms with Crippen molar-refractivity contribution in [2.45, 2.75) is 18.7 Å². The van der Waals surface area contributed by atoms with Crippen molar-refractivity contribution >= 4 is 43.2 Å². The first kappa shape index (κ1) is 12.3. The molecule has 0 saturated carbocycles. The molecule has 84 valence electrons. The van der Waals surface area contributed by atoms with Crippen LogP contribution < -0.4 is 0 Å². The minimum absolute atomic E-state index is 0.295. The lowest BCUT2D eigenvalue weighted by Crippen LogP contribution is -1.92. The predicted molar refractivity (Wildman–Crippen MR) is 78.7 cm³/mol. The maximum atomic E-state index is 3.78. The van der Waals surface area contributed by atoms with Crippen molar-refractivity contribution in [2.24, 2.45) is 0 Å². The fourth-order valence-electron chi connectivity index (χ4n) is 1.63. The van der Waals surface area contributed by atoms with Crippen LogP contribution in [0, 0.1) is 13.8 Å². The van der Waals surface area contributed by atoms with E-state index in [1.165, 1.54) is 25.4 Å². The monoisotopic (exact) mass is 358 g/mol. The summed E-state index contributed by atoms with van der Waals surface area (Å²) >= 11 is 9.18. The first-order chi connectivity index (χ1) is 7.59. The molecule has 0 radical (unpaired) electrons. The molecule has 1 atom stereocenters. The zero-order valence-corrected chi connectivity index (χ0v) is 13.1. The number of benzene rings is 1. The summed E-state index contributed by atoms with van der Waals surface area (Å²) in [6, 6.07) is 10.7. The number of rotatable bonds is 2. The van der Waals surface area contributed by atoms with Gasteiger partial charge in [-0.2, -0.15) is 0 Å². The molecule has 0 aliphatic carbocycles. The van der Waals surface area contributed by atoms with E-state index in [9.17, 15) is 0 Å². The molecule has 0 amide bonds. The smallest absolute Gasteiger partial charge is 0.0741 e. The SMILES string of the molecule is Cc1ccccc1C(Br)c1cc(Br)c(C)s1. The topological polar surface area (TPSA) is 0 Å². The van der Waals surface area contributed by atoms with Crippen molar-refractivity contribution in [3.8, 4) is 0 Å². The van der Waals surface area contributed by atoms with Crippen LogP contribution in [0.25, 0.3) is 0 Å². The Labute approximate surface area is 117 Å². The third-order valence-electron chi connectivity index (χ3n) is 2.59. The number of hydrogen-bond donors (Lipinski definition) is 0. The lowest BCUT2D eigenvalue weighted by molar-refractivity contribution is 1.18. The van der Waals surface area contributed by atoms with Gasteiger partial charge in [-0.15, -0.1) is 11.3 Å². The van der Waals surface area contributed by atoms with Gasteiger partial charge in [-0.05, 0) is 47.0 Å². The summed E-state index contributed by atoms with van der Waals surface area (Å²) in [6.45, 7) is 4.29. The van der Waals surface area contributed by atoms with Gasteiger partial charge in [0, 0.05) is 14.2 Å². The Hall–Kier alpha value is -0.120. The van der Waals surface area contributed by atoms with Crippen LogP contribution >= 0.6 is 43.2 Å². The van der Waals surface area contributed by atoms with Crippen LogP contribution in [0.2, 0.25) is 0 Å². The fourth-order valence-corrected chi connectivity index (χ4v) is 4.12. The molecule has 1 heterocycles. The van der Waals surface area contributed by atoms with Crippen LogP contribution in [0.4, 0.5) is 0 Å². The van der Waals surface area contributed by atoms with Gasteiger partial charge in [0.05, 0.1) is 4.83 Å². The van der Waals surface area contributed by atoms with Crippen LogP contribution in [0.3, 0.4) is 0 Å². The second-order valence-corrected chi connectivity index (χ2v) is 6.83. The third kappa shape index (κ3) is 2.41. The van der Waals surface area contributed by atoms with Gasteiger partial charge in [-0.1, -0.05) is 40.2 Å². The zero-order chi connectivity index (χ0) is 11.7. The first-order valence-corrected chi connectivity index (χ1v) is 7.57. The maximum absolute atomic E-state index is 3.78. The highest BCUT2D eigenvalue weighted by Crippen LogP contribution is 2.39. The average molecular weight is 360 g/mol. The van der Waals surface area contributed by atoms with E-state index in [0.29, 0.717) is 4.83 Å². The Balaban J connectivity index is 2.39. The highest BCUT2D eigenvalue weighted by Gasteiger charge is 2.15. The molecule has 2 aromatic rings. The number of thiophene rings is 1. The minimum atomic E-state index is 0.295. The molecule has 3 heteroatoms. The van der Waals surface area contributed by atoms with Gasteiger partial charge < -0.3 is 0 Å². The van der Waals surface area contributed by atoms with Gasteiger partial charge in [0.2, 0.25) is 0 Å². The summed E-state index contributed by atoms with van der Waals surface area (Å²) in [5.74, 6) is 0. The van der Waals surface area contributed by atoms with Gasteiger partial charge >= 0.3 is 0 Å². The molecule has 0 saturated heterocycles. The van der Waals surface area contributed by atoms with Gasteiger partial charge in [-0.25, -0.2) is 0 Å². The van der Waals surface area contributed by atoms with Crippen LogP contribution in [0.15, 0.2) is 34.8 Å².